The van der Waals surface area contributed by atoms with Gasteiger partial charge < -0.3 is 14.8 Å². The lowest BCUT2D eigenvalue weighted by atomic mass is 10.1. The van der Waals surface area contributed by atoms with Gasteiger partial charge in [-0.1, -0.05) is 24.1 Å². The quantitative estimate of drug-likeness (QED) is 0.632. The topological polar surface area (TPSA) is 84.9 Å². The molecule has 1 amide bonds. The van der Waals surface area contributed by atoms with Gasteiger partial charge in [-0.15, -0.1) is 6.42 Å². The molecular weight excluding hydrogens is 416 g/mol. The number of nitrogens with zero attached hydrogens (tertiary/aromatic N) is 1. The molecule has 2 aromatic rings. The first kappa shape index (κ1) is 22.8. The van der Waals surface area contributed by atoms with Crippen molar-refractivity contribution in [2.75, 3.05) is 39.5 Å². The summed E-state index contributed by atoms with van der Waals surface area (Å²) >= 11 is 0. The first-order valence-corrected chi connectivity index (χ1v) is 11.5. The molecule has 0 unspecified atom stereocenters. The van der Waals surface area contributed by atoms with E-state index in [4.69, 9.17) is 15.9 Å². The molecule has 1 heterocycles. The second kappa shape index (κ2) is 10.4. The van der Waals surface area contributed by atoms with Crippen molar-refractivity contribution < 1.29 is 22.7 Å². The number of ether oxygens (including phenoxy) is 2. The summed E-state index contributed by atoms with van der Waals surface area (Å²) in [7, 11) is -3.66. The van der Waals surface area contributed by atoms with Crippen molar-refractivity contribution in [2.24, 2.45) is 0 Å². The van der Waals surface area contributed by atoms with Crippen LogP contribution in [0.3, 0.4) is 0 Å². The number of benzene rings is 2. The molecule has 1 aliphatic rings. The van der Waals surface area contributed by atoms with Crippen LogP contribution in [0.4, 0.5) is 0 Å². The van der Waals surface area contributed by atoms with Gasteiger partial charge in [-0.05, 0) is 48.7 Å². The fourth-order valence-corrected chi connectivity index (χ4v) is 4.67. The molecule has 3 rings (SSSR count). The molecule has 1 N–H and O–H groups in total. The second-order valence-corrected chi connectivity index (χ2v) is 9.07. The number of sulfonamides is 1. The SMILES string of the molecule is C#CCOc1ccc(CCNC(=O)c2cc(S(=O)(=O)N3CCOCC3)ccc2C)cc1. The molecule has 0 aromatic heterocycles. The standard InChI is InChI=1S/C23H26N2O5S/c1-3-14-30-20-7-5-19(6-8-20)10-11-24-23(26)22-17-21(9-4-18(22)2)31(27,28)25-12-15-29-16-13-25/h1,4-9,17H,10-16H2,2H3,(H,24,26). The number of hydrogen-bond donors (Lipinski definition) is 1. The molecule has 2 aromatic carbocycles. The molecule has 0 bridgehead atoms. The average molecular weight is 443 g/mol. The molecule has 8 heteroatoms. The van der Waals surface area contributed by atoms with Crippen LogP contribution in [0.15, 0.2) is 47.4 Å². The molecule has 0 saturated carbocycles. The van der Waals surface area contributed by atoms with Crippen molar-refractivity contribution in [3.8, 4) is 18.1 Å². The van der Waals surface area contributed by atoms with Crippen LogP contribution in [0.1, 0.15) is 21.5 Å². The van der Waals surface area contributed by atoms with Gasteiger partial charge in [-0.3, -0.25) is 4.79 Å². The Morgan fingerprint density at radius 1 is 1.19 bits per heavy atom. The molecule has 164 valence electrons. The number of carbonyl (C=O) groups is 1. The van der Waals surface area contributed by atoms with Crippen LogP contribution in [0, 0.1) is 19.3 Å². The summed E-state index contributed by atoms with van der Waals surface area (Å²) < 4.78 is 37.7. The van der Waals surface area contributed by atoms with Crippen LogP contribution in [0.25, 0.3) is 0 Å². The van der Waals surface area contributed by atoms with Gasteiger partial charge in [0.2, 0.25) is 10.0 Å². The first-order valence-electron chi connectivity index (χ1n) is 10.0. The number of hydrogen-bond acceptors (Lipinski definition) is 5. The third kappa shape index (κ3) is 5.85. The monoisotopic (exact) mass is 442 g/mol. The van der Waals surface area contributed by atoms with E-state index < -0.39 is 10.0 Å². The Morgan fingerprint density at radius 3 is 2.58 bits per heavy atom. The van der Waals surface area contributed by atoms with E-state index in [2.05, 4.69) is 11.2 Å². The molecule has 1 fully saturated rings. The number of rotatable bonds is 8. The molecule has 1 saturated heterocycles. The van der Waals surface area contributed by atoms with Crippen LogP contribution >= 0.6 is 0 Å². The number of amides is 1. The fraction of sp³-hybridized carbons (Fsp3) is 0.348. The van der Waals surface area contributed by atoms with E-state index in [9.17, 15) is 13.2 Å². The molecule has 0 aliphatic carbocycles. The molecule has 0 atom stereocenters. The van der Waals surface area contributed by atoms with Gasteiger partial charge in [0.15, 0.2) is 0 Å². The summed E-state index contributed by atoms with van der Waals surface area (Å²) in [6, 6.07) is 12.2. The van der Waals surface area contributed by atoms with Gasteiger partial charge >= 0.3 is 0 Å². The van der Waals surface area contributed by atoms with Crippen molar-refractivity contribution in [3.05, 3.63) is 59.2 Å². The maximum absolute atomic E-state index is 12.9. The highest BCUT2D eigenvalue weighted by Crippen LogP contribution is 2.20. The van der Waals surface area contributed by atoms with E-state index in [-0.39, 0.29) is 17.4 Å². The van der Waals surface area contributed by atoms with E-state index >= 15 is 0 Å². The average Bonchev–Trinajstić information content (AvgIpc) is 2.79. The largest absolute Gasteiger partial charge is 0.481 e. The lowest BCUT2D eigenvalue weighted by molar-refractivity contribution is 0.0730. The van der Waals surface area contributed by atoms with Gasteiger partial charge in [0.25, 0.3) is 5.91 Å². The van der Waals surface area contributed by atoms with E-state index in [1.807, 2.05) is 24.3 Å². The van der Waals surface area contributed by atoms with E-state index in [1.54, 1.807) is 19.1 Å². The zero-order valence-electron chi connectivity index (χ0n) is 17.5. The summed E-state index contributed by atoms with van der Waals surface area (Å²) in [5.41, 5.74) is 2.11. The highest BCUT2D eigenvalue weighted by Gasteiger charge is 2.27. The summed E-state index contributed by atoms with van der Waals surface area (Å²) in [6.45, 7) is 3.78. The predicted octanol–water partition coefficient (Wildman–Crippen LogP) is 2.00. The zero-order chi connectivity index (χ0) is 22.3. The number of aryl methyl sites for hydroxylation is 1. The molecule has 0 spiro atoms. The van der Waals surface area contributed by atoms with Crippen molar-refractivity contribution in [1.82, 2.24) is 9.62 Å². The number of nitrogens with one attached hydrogen (secondary N) is 1. The van der Waals surface area contributed by atoms with Crippen molar-refractivity contribution >= 4 is 15.9 Å². The summed E-state index contributed by atoms with van der Waals surface area (Å²) in [5.74, 6) is 2.81. The number of terminal acetylenes is 1. The van der Waals surface area contributed by atoms with Gasteiger partial charge in [-0.2, -0.15) is 4.31 Å². The number of morpholine rings is 1. The molecule has 31 heavy (non-hydrogen) atoms. The van der Waals surface area contributed by atoms with Crippen molar-refractivity contribution in [3.63, 3.8) is 0 Å². The van der Waals surface area contributed by atoms with Gasteiger partial charge in [0.1, 0.15) is 12.4 Å². The summed E-state index contributed by atoms with van der Waals surface area (Å²) in [5, 5.41) is 2.87. The highest BCUT2D eigenvalue weighted by molar-refractivity contribution is 7.89. The maximum Gasteiger partial charge on any atom is 0.251 e. The Bertz CT molecular complexity index is 1050. The van der Waals surface area contributed by atoms with Crippen molar-refractivity contribution in [1.29, 1.82) is 0 Å². The minimum atomic E-state index is -3.66. The van der Waals surface area contributed by atoms with E-state index in [0.717, 1.165) is 5.56 Å². The van der Waals surface area contributed by atoms with E-state index in [0.29, 0.717) is 56.1 Å². The summed E-state index contributed by atoms with van der Waals surface area (Å²) in [6.07, 6.45) is 5.80. The van der Waals surface area contributed by atoms with Crippen molar-refractivity contribution in [2.45, 2.75) is 18.2 Å². The first-order chi connectivity index (χ1) is 14.9. The lowest BCUT2D eigenvalue weighted by Crippen LogP contribution is -2.40. The third-order valence-corrected chi connectivity index (χ3v) is 6.90. The van der Waals surface area contributed by atoms with Crippen LogP contribution < -0.4 is 10.1 Å². The highest BCUT2D eigenvalue weighted by atomic mass is 32.2. The molecule has 0 radical (unpaired) electrons. The second-order valence-electron chi connectivity index (χ2n) is 7.14. The Labute approximate surface area is 183 Å². The van der Waals surface area contributed by atoms with Gasteiger partial charge in [0, 0.05) is 25.2 Å². The van der Waals surface area contributed by atoms with Crippen LogP contribution in [-0.4, -0.2) is 58.1 Å². The molecule has 7 nitrogen and oxygen atoms in total. The van der Waals surface area contributed by atoms with Gasteiger partial charge in [-0.25, -0.2) is 8.42 Å². The Hall–Kier alpha value is -2.86. The Morgan fingerprint density at radius 2 is 1.90 bits per heavy atom. The third-order valence-electron chi connectivity index (χ3n) is 5.01. The predicted molar refractivity (Wildman–Crippen MR) is 118 cm³/mol. The minimum Gasteiger partial charge on any atom is -0.481 e. The molecule has 1 aliphatic heterocycles. The normalized spacial score (nSPS) is 14.6. The zero-order valence-corrected chi connectivity index (χ0v) is 18.3. The fourth-order valence-electron chi connectivity index (χ4n) is 3.24. The van der Waals surface area contributed by atoms with Crippen LogP contribution in [0.5, 0.6) is 5.75 Å². The maximum atomic E-state index is 12.9. The van der Waals surface area contributed by atoms with Gasteiger partial charge in [0.05, 0.1) is 18.1 Å². The number of carbonyl (C=O) groups excluding carboxylic acids is 1. The Kier molecular flexibility index (Phi) is 7.69. The van der Waals surface area contributed by atoms with Crippen LogP contribution in [0.2, 0.25) is 0 Å². The Balaban J connectivity index is 1.62. The van der Waals surface area contributed by atoms with E-state index in [1.165, 1.54) is 10.4 Å². The molecular formula is C23H26N2O5S. The minimum absolute atomic E-state index is 0.118. The summed E-state index contributed by atoms with van der Waals surface area (Å²) in [4.78, 5) is 12.8. The smallest absolute Gasteiger partial charge is 0.251 e. The van der Waals surface area contributed by atoms with Crippen LogP contribution in [-0.2, 0) is 21.2 Å². The lowest BCUT2D eigenvalue weighted by Gasteiger charge is -2.26.